The molecule has 3 rings (SSSR count). The highest BCUT2D eigenvalue weighted by Crippen LogP contribution is 2.28. The minimum atomic E-state index is -0.656. The molecular weight excluding hydrogens is 422 g/mol. The fourth-order valence-corrected chi connectivity index (χ4v) is 2.99. The summed E-state index contributed by atoms with van der Waals surface area (Å²) in [5.74, 6) is 0.452. The van der Waals surface area contributed by atoms with Crippen LogP contribution in [0.15, 0.2) is 66.8 Å². The average Bonchev–Trinajstić information content (AvgIpc) is 2.76. The quantitative estimate of drug-likeness (QED) is 0.258. The third-order valence-corrected chi connectivity index (χ3v) is 4.50. The number of benzene rings is 1. The molecule has 162 valence electrons. The standard InChI is InChI=1S/C16H14ClN5O4.C5H8/c17-15-5-2-11(9-19-15)10-20-7-1-6-18-16(20)13-4-3-12(21(23)24)8-14(13)22(25)26;1-3-5-4-2/h2-5,8-9H,1,6-7,10H2;3-4H,1-2,5H2. The molecule has 0 bridgehead atoms. The topological polar surface area (TPSA) is 115 Å². The highest BCUT2D eigenvalue weighted by atomic mass is 35.5. The SMILES string of the molecule is C=CCC=C.O=[N+]([O-])c1ccc(C2=NCCCN2Cc2ccc(Cl)nc2)c([N+](=O)[O-])c1. The fourth-order valence-electron chi connectivity index (χ4n) is 2.87. The number of nitro groups is 2. The van der Waals surface area contributed by atoms with Gasteiger partial charge in [-0.2, -0.15) is 0 Å². The van der Waals surface area contributed by atoms with Crippen LogP contribution in [-0.4, -0.2) is 38.7 Å². The monoisotopic (exact) mass is 443 g/mol. The number of allylic oxidation sites excluding steroid dienone is 2. The molecule has 1 aliphatic rings. The lowest BCUT2D eigenvalue weighted by atomic mass is 10.1. The number of pyridine rings is 1. The number of rotatable bonds is 7. The molecule has 1 aromatic heterocycles. The van der Waals surface area contributed by atoms with Gasteiger partial charge in [0, 0.05) is 31.9 Å². The van der Waals surface area contributed by atoms with E-state index in [0.29, 0.717) is 30.6 Å². The van der Waals surface area contributed by atoms with E-state index in [1.54, 1.807) is 12.3 Å². The maximum Gasteiger partial charge on any atom is 0.287 e. The molecule has 10 heteroatoms. The Kier molecular flexibility index (Phi) is 8.83. The fraction of sp³-hybridized carbons (Fsp3) is 0.238. The van der Waals surface area contributed by atoms with Crippen LogP contribution in [-0.2, 0) is 6.54 Å². The first kappa shape index (κ1) is 23.7. The van der Waals surface area contributed by atoms with Crippen molar-refractivity contribution in [3.63, 3.8) is 0 Å². The van der Waals surface area contributed by atoms with Gasteiger partial charge in [-0.15, -0.1) is 13.2 Å². The summed E-state index contributed by atoms with van der Waals surface area (Å²) in [5, 5.41) is 22.7. The number of nitrogens with zero attached hydrogens (tertiary/aromatic N) is 5. The van der Waals surface area contributed by atoms with E-state index < -0.39 is 9.85 Å². The predicted molar refractivity (Wildman–Crippen MR) is 120 cm³/mol. The van der Waals surface area contributed by atoms with E-state index in [1.165, 1.54) is 12.1 Å². The van der Waals surface area contributed by atoms with Crippen molar-refractivity contribution in [2.24, 2.45) is 4.99 Å². The van der Waals surface area contributed by atoms with E-state index in [1.807, 2.05) is 23.1 Å². The molecule has 0 N–H and O–H groups in total. The molecule has 0 fully saturated rings. The van der Waals surface area contributed by atoms with Crippen molar-refractivity contribution in [2.45, 2.75) is 19.4 Å². The number of halogens is 1. The third-order valence-electron chi connectivity index (χ3n) is 4.27. The number of hydrogen-bond donors (Lipinski definition) is 0. The van der Waals surface area contributed by atoms with E-state index >= 15 is 0 Å². The zero-order valence-electron chi connectivity index (χ0n) is 16.8. The summed E-state index contributed by atoms with van der Waals surface area (Å²) in [4.78, 5) is 31.4. The van der Waals surface area contributed by atoms with Crippen molar-refractivity contribution in [2.75, 3.05) is 13.1 Å². The number of aliphatic imine (C=N–C) groups is 1. The lowest BCUT2D eigenvalue weighted by Gasteiger charge is -2.29. The summed E-state index contributed by atoms with van der Waals surface area (Å²) < 4.78 is 0. The summed E-state index contributed by atoms with van der Waals surface area (Å²) in [5.41, 5.74) is 0.486. The molecular formula is C21H22ClN5O4. The maximum absolute atomic E-state index is 11.4. The number of non-ortho nitro benzene ring substituents is 1. The van der Waals surface area contributed by atoms with Crippen molar-refractivity contribution in [3.05, 3.63) is 98.3 Å². The molecule has 1 aliphatic heterocycles. The smallest absolute Gasteiger partial charge is 0.287 e. The van der Waals surface area contributed by atoms with Crippen LogP contribution in [0.25, 0.3) is 0 Å². The van der Waals surface area contributed by atoms with Crippen LogP contribution in [0.3, 0.4) is 0 Å². The van der Waals surface area contributed by atoms with Gasteiger partial charge in [0.05, 0.1) is 21.5 Å². The van der Waals surface area contributed by atoms with Crippen LogP contribution in [0.4, 0.5) is 11.4 Å². The molecule has 1 aromatic carbocycles. The number of hydrogen-bond acceptors (Lipinski definition) is 7. The van der Waals surface area contributed by atoms with E-state index in [2.05, 4.69) is 23.1 Å². The largest absolute Gasteiger partial charge is 0.352 e. The minimum Gasteiger partial charge on any atom is -0.352 e. The molecule has 0 unspecified atom stereocenters. The Morgan fingerprint density at radius 2 is 1.87 bits per heavy atom. The Bertz CT molecular complexity index is 986. The molecule has 31 heavy (non-hydrogen) atoms. The first-order chi connectivity index (χ1) is 14.9. The zero-order chi connectivity index (χ0) is 22.8. The predicted octanol–water partition coefficient (Wildman–Crippen LogP) is 4.95. The van der Waals surface area contributed by atoms with Gasteiger partial charge < -0.3 is 4.90 Å². The second-order valence-electron chi connectivity index (χ2n) is 6.50. The van der Waals surface area contributed by atoms with Gasteiger partial charge in [0.25, 0.3) is 11.4 Å². The molecule has 0 amide bonds. The van der Waals surface area contributed by atoms with Crippen molar-refractivity contribution < 1.29 is 9.85 Å². The maximum atomic E-state index is 11.4. The molecule has 0 radical (unpaired) electrons. The molecule has 0 saturated heterocycles. The van der Waals surface area contributed by atoms with Crippen molar-refractivity contribution >= 4 is 28.8 Å². The zero-order valence-corrected chi connectivity index (χ0v) is 17.6. The Balaban J connectivity index is 0.000000614. The summed E-state index contributed by atoms with van der Waals surface area (Å²) in [6.07, 6.45) is 6.99. The highest BCUT2D eigenvalue weighted by molar-refractivity contribution is 6.29. The van der Waals surface area contributed by atoms with Crippen LogP contribution in [0, 0.1) is 20.2 Å². The third kappa shape index (κ3) is 6.71. The molecule has 2 heterocycles. The van der Waals surface area contributed by atoms with Gasteiger partial charge >= 0.3 is 0 Å². The Morgan fingerprint density at radius 3 is 2.42 bits per heavy atom. The van der Waals surface area contributed by atoms with E-state index in [9.17, 15) is 20.2 Å². The van der Waals surface area contributed by atoms with E-state index in [4.69, 9.17) is 11.6 Å². The van der Waals surface area contributed by atoms with Crippen LogP contribution >= 0.6 is 11.6 Å². The van der Waals surface area contributed by atoms with Gasteiger partial charge in [0.2, 0.25) is 0 Å². The molecule has 2 aromatic rings. The summed E-state index contributed by atoms with van der Waals surface area (Å²) >= 11 is 5.80. The molecule has 0 spiro atoms. The van der Waals surface area contributed by atoms with Crippen LogP contribution < -0.4 is 0 Å². The van der Waals surface area contributed by atoms with Crippen LogP contribution in [0.2, 0.25) is 5.15 Å². The molecule has 0 aliphatic carbocycles. The molecule has 9 nitrogen and oxygen atoms in total. The minimum absolute atomic E-state index is 0.266. The Hall–Kier alpha value is -3.59. The molecule has 0 saturated carbocycles. The van der Waals surface area contributed by atoms with Crippen LogP contribution in [0.5, 0.6) is 0 Å². The Labute approximate surface area is 184 Å². The van der Waals surface area contributed by atoms with Crippen molar-refractivity contribution in [3.8, 4) is 0 Å². The van der Waals surface area contributed by atoms with Gasteiger partial charge in [-0.25, -0.2) is 4.98 Å². The summed E-state index contributed by atoms with van der Waals surface area (Å²) in [6.45, 7) is 8.62. The lowest BCUT2D eigenvalue weighted by molar-refractivity contribution is -0.394. The average molecular weight is 444 g/mol. The van der Waals surface area contributed by atoms with Gasteiger partial charge in [-0.1, -0.05) is 29.8 Å². The van der Waals surface area contributed by atoms with Gasteiger partial charge in [-0.3, -0.25) is 25.2 Å². The number of nitro benzene ring substituents is 2. The first-order valence-corrected chi connectivity index (χ1v) is 9.80. The number of aromatic nitrogens is 1. The van der Waals surface area contributed by atoms with Gasteiger partial charge in [0.1, 0.15) is 11.0 Å². The molecule has 0 atom stereocenters. The highest BCUT2D eigenvalue weighted by Gasteiger charge is 2.27. The number of amidine groups is 1. The summed E-state index contributed by atoms with van der Waals surface area (Å²) in [6, 6.07) is 7.10. The van der Waals surface area contributed by atoms with Crippen molar-refractivity contribution in [1.82, 2.24) is 9.88 Å². The van der Waals surface area contributed by atoms with E-state index in [0.717, 1.165) is 24.5 Å². The normalized spacial score (nSPS) is 12.8. The van der Waals surface area contributed by atoms with Crippen LogP contribution in [0.1, 0.15) is 24.0 Å². The van der Waals surface area contributed by atoms with Gasteiger partial charge in [0.15, 0.2) is 0 Å². The Morgan fingerprint density at radius 1 is 1.13 bits per heavy atom. The second-order valence-corrected chi connectivity index (χ2v) is 6.89. The van der Waals surface area contributed by atoms with E-state index in [-0.39, 0.29) is 16.9 Å². The first-order valence-electron chi connectivity index (χ1n) is 9.42. The van der Waals surface area contributed by atoms with Gasteiger partial charge in [-0.05, 0) is 30.5 Å². The summed E-state index contributed by atoms with van der Waals surface area (Å²) in [7, 11) is 0. The van der Waals surface area contributed by atoms with Crippen molar-refractivity contribution in [1.29, 1.82) is 0 Å². The lowest BCUT2D eigenvalue weighted by Crippen LogP contribution is -2.36. The second kappa shape index (κ2) is 11.6.